The zero-order chi connectivity index (χ0) is 14.1. The van der Waals surface area contributed by atoms with Crippen molar-refractivity contribution in [3.8, 4) is 0 Å². The number of nitrogens with zero attached hydrogens (tertiary/aromatic N) is 2. The molecular weight excluding hydrogens is 357 g/mol. The summed E-state index contributed by atoms with van der Waals surface area (Å²) in [5, 5.41) is 3.26. The van der Waals surface area contributed by atoms with Gasteiger partial charge in [-0.1, -0.05) is 13.3 Å². The number of ether oxygens (including phenoxy) is 1. The maximum absolute atomic E-state index is 11.9. The van der Waals surface area contributed by atoms with Crippen molar-refractivity contribution in [3.05, 3.63) is 25.9 Å². The van der Waals surface area contributed by atoms with Crippen LogP contribution in [-0.4, -0.2) is 35.9 Å². The zero-order valence-electron chi connectivity index (χ0n) is 11.6. The lowest BCUT2D eigenvalue weighted by atomic mass is 10.4. The molecule has 0 atom stereocenters. The number of halogens is 1. The minimum absolute atomic E-state index is 0.0362. The van der Waals surface area contributed by atoms with Crippen LogP contribution in [0.1, 0.15) is 25.5 Å². The SMILES string of the molecule is CCCCOCCNCCn1cnc(C)c(I)c1=O. The van der Waals surface area contributed by atoms with Crippen LogP contribution < -0.4 is 10.9 Å². The van der Waals surface area contributed by atoms with Gasteiger partial charge in [0, 0.05) is 26.2 Å². The Hall–Kier alpha value is -0.470. The van der Waals surface area contributed by atoms with Gasteiger partial charge in [-0.15, -0.1) is 0 Å². The number of aryl methyl sites for hydroxylation is 1. The van der Waals surface area contributed by atoms with Gasteiger partial charge in [0.25, 0.3) is 5.56 Å². The van der Waals surface area contributed by atoms with Crippen molar-refractivity contribution in [1.82, 2.24) is 14.9 Å². The molecule has 1 heterocycles. The quantitative estimate of drug-likeness (QED) is 0.523. The molecular formula is C13H22IN3O2. The van der Waals surface area contributed by atoms with Crippen LogP contribution in [-0.2, 0) is 11.3 Å². The van der Waals surface area contributed by atoms with E-state index in [9.17, 15) is 4.79 Å². The minimum atomic E-state index is 0.0362. The third-order valence-corrected chi connectivity index (χ3v) is 3.99. The van der Waals surface area contributed by atoms with E-state index in [-0.39, 0.29) is 5.56 Å². The standard InChI is InChI=1S/C13H22IN3O2/c1-3-4-8-19-9-6-15-5-7-17-10-16-11(2)12(14)13(17)18/h10,15H,3-9H2,1-2H3. The second-order valence-electron chi connectivity index (χ2n) is 4.36. The van der Waals surface area contributed by atoms with E-state index >= 15 is 0 Å². The Bertz CT molecular complexity index is 434. The summed E-state index contributed by atoms with van der Waals surface area (Å²) in [6.07, 6.45) is 3.89. The maximum atomic E-state index is 11.9. The number of rotatable bonds is 9. The predicted molar refractivity (Wildman–Crippen MR) is 84.5 cm³/mol. The van der Waals surface area contributed by atoms with Crippen molar-refractivity contribution in [2.24, 2.45) is 0 Å². The number of hydrogen-bond acceptors (Lipinski definition) is 4. The van der Waals surface area contributed by atoms with Gasteiger partial charge in [0.05, 0.1) is 22.2 Å². The van der Waals surface area contributed by atoms with Gasteiger partial charge in [0.15, 0.2) is 0 Å². The van der Waals surface area contributed by atoms with E-state index in [2.05, 4.69) is 17.2 Å². The summed E-state index contributed by atoms with van der Waals surface area (Å²) in [6, 6.07) is 0. The second kappa shape index (κ2) is 9.44. The average Bonchev–Trinajstić information content (AvgIpc) is 2.41. The molecule has 19 heavy (non-hydrogen) atoms. The molecule has 0 saturated carbocycles. The van der Waals surface area contributed by atoms with Gasteiger partial charge < -0.3 is 10.1 Å². The van der Waals surface area contributed by atoms with Crippen molar-refractivity contribution in [2.75, 3.05) is 26.3 Å². The minimum Gasteiger partial charge on any atom is -0.380 e. The van der Waals surface area contributed by atoms with Gasteiger partial charge >= 0.3 is 0 Å². The molecule has 0 aliphatic heterocycles. The topological polar surface area (TPSA) is 56.1 Å². The highest BCUT2D eigenvalue weighted by molar-refractivity contribution is 14.1. The summed E-state index contributed by atoms with van der Waals surface area (Å²) < 4.78 is 7.78. The van der Waals surface area contributed by atoms with Gasteiger partial charge in [-0.25, -0.2) is 4.98 Å². The van der Waals surface area contributed by atoms with Crippen LogP contribution in [0.2, 0.25) is 0 Å². The Kier molecular flexibility index (Phi) is 8.24. The summed E-state index contributed by atoms with van der Waals surface area (Å²) in [5.41, 5.74) is 0.827. The van der Waals surface area contributed by atoms with Crippen molar-refractivity contribution in [2.45, 2.75) is 33.2 Å². The van der Waals surface area contributed by atoms with Crippen LogP contribution in [0.25, 0.3) is 0 Å². The summed E-state index contributed by atoms with van der Waals surface area (Å²) in [4.78, 5) is 16.1. The molecule has 0 unspecified atom stereocenters. The molecule has 0 aliphatic carbocycles. The number of unbranched alkanes of at least 4 members (excludes halogenated alkanes) is 1. The number of aromatic nitrogens is 2. The van der Waals surface area contributed by atoms with Crippen LogP contribution >= 0.6 is 22.6 Å². The highest BCUT2D eigenvalue weighted by Gasteiger charge is 2.04. The monoisotopic (exact) mass is 379 g/mol. The third-order valence-electron chi connectivity index (χ3n) is 2.75. The van der Waals surface area contributed by atoms with Crippen LogP contribution in [0, 0.1) is 10.5 Å². The highest BCUT2D eigenvalue weighted by Crippen LogP contribution is 2.00. The Balaban J connectivity index is 2.20. The molecule has 1 rings (SSSR count). The zero-order valence-corrected chi connectivity index (χ0v) is 13.8. The number of nitrogens with one attached hydrogen (secondary N) is 1. The van der Waals surface area contributed by atoms with Gasteiger partial charge in [-0.3, -0.25) is 9.36 Å². The molecule has 0 saturated heterocycles. The molecule has 0 aromatic carbocycles. The van der Waals surface area contributed by atoms with Crippen molar-refractivity contribution >= 4 is 22.6 Å². The fourth-order valence-corrected chi connectivity index (χ4v) is 1.97. The maximum Gasteiger partial charge on any atom is 0.267 e. The lowest BCUT2D eigenvalue weighted by Gasteiger charge is -2.08. The van der Waals surface area contributed by atoms with Crippen LogP contribution in [0.15, 0.2) is 11.1 Å². The summed E-state index contributed by atoms with van der Waals surface area (Å²) in [6.45, 7) is 7.75. The predicted octanol–water partition coefficient (Wildman–Crippen LogP) is 1.56. The molecule has 5 nitrogen and oxygen atoms in total. The first-order chi connectivity index (χ1) is 9.16. The van der Waals surface area contributed by atoms with E-state index in [1.807, 2.05) is 29.5 Å². The average molecular weight is 379 g/mol. The molecule has 1 aromatic heterocycles. The molecule has 0 bridgehead atoms. The second-order valence-corrected chi connectivity index (χ2v) is 5.44. The first-order valence-corrected chi connectivity index (χ1v) is 7.74. The van der Waals surface area contributed by atoms with Crippen LogP contribution in [0.5, 0.6) is 0 Å². The summed E-state index contributed by atoms with van der Waals surface area (Å²) in [7, 11) is 0. The fraction of sp³-hybridized carbons (Fsp3) is 0.692. The summed E-state index contributed by atoms with van der Waals surface area (Å²) >= 11 is 2.05. The molecule has 0 amide bonds. The molecule has 1 N–H and O–H groups in total. The molecule has 0 aliphatic rings. The van der Waals surface area contributed by atoms with Gasteiger partial charge in [-0.05, 0) is 35.9 Å². The molecule has 108 valence electrons. The molecule has 0 radical (unpaired) electrons. The van der Waals surface area contributed by atoms with Crippen molar-refractivity contribution in [1.29, 1.82) is 0 Å². The van der Waals surface area contributed by atoms with E-state index in [0.29, 0.717) is 10.1 Å². The lowest BCUT2D eigenvalue weighted by molar-refractivity contribution is 0.133. The van der Waals surface area contributed by atoms with Gasteiger partial charge in [0.2, 0.25) is 0 Å². The van der Waals surface area contributed by atoms with Gasteiger partial charge in [0.1, 0.15) is 0 Å². The van der Waals surface area contributed by atoms with E-state index in [0.717, 1.165) is 44.8 Å². The Morgan fingerprint density at radius 2 is 2.21 bits per heavy atom. The van der Waals surface area contributed by atoms with E-state index in [4.69, 9.17) is 4.74 Å². The van der Waals surface area contributed by atoms with Crippen molar-refractivity contribution in [3.63, 3.8) is 0 Å². The first-order valence-electron chi connectivity index (χ1n) is 6.66. The normalized spacial score (nSPS) is 10.9. The molecule has 1 aromatic rings. The van der Waals surface area contributed by atoms with Crippen LogP contribution in [0.4, 0.5) is 0 Å². The third kappa shape index (κ3) is 6.01. The first kappa shape index (κ1) is 16.6. The van der Waals surface area contributed by atoms with E-state index < -0.39 is 0 Å². The Morgan fingerprint density at radius 3 is 2.95 bits per heavy atom. The highest BCUT2D eigenvalue weighted by atomic mass is 127. The smallest absolute Gasteiger partial charge is 0.267 e. The molecule has 0 fully saturated rings. The molecule has 0 spiro atoms. The van der Waals surface area contributed by atoms with Crippen molar-refractivity contribution < 1.29 is 4.74 Å². The Morgan fingerprint density at radius 1 is 1.42 bits per heavy atom. The number of hydrogen-bond donors (Lipinski definition) is 1. The van der Waals surface area contributed by atoms with E-state index in [1.165, 1.54) is 0 Å². The molecule has 6 heteroatoms. The van der Waals surface area contributed by atoms with E-state index in [1.54, 1.807) is 10.9 Å². The summed E-state index contributed by atoms with van der Waals surface area (Å²) in [5.74, 6) is 0. The largest absolute Gasteiger partial charge is 0.380 e. The lowest BCUT2D eigenvalue weighted by Crippen LogP contribution is -2.30. The fourth-order valence-electron chi connectivity index (χ4n) is 1.52. The van der Waals surface area contributed by atoms with Gasteiger partial charge in [-0.2, -0.15) is 0 Å². The van der Waals surface area contributed by atoms with Crippen LogP contribution in [0.3, 0.4) is 0 Å². The Labute approximate surface area is 127 Å².